The Morgan fingerprint density at radius 3 is 2.72 bits per heavy atom. The summed E-state index contributed by atoms with van der Waals surface area (Å²) in [7, 11) is 0. The number of aliphatic hydroxyl groups is 1. The molecule has 0 unspecified atom stereocenters. The molecule has 2 aromatic heterocycles. The zero-order chi connectivity index (χ0) is 23.1. The van der Waals surface area contributed by atoms with Crippen molar-refractivity contribution in [1.82, 2.24) is 15.3 Å². The zero-order valence-corrected chi connectivity index (χ0v) is 18.0. The van der Waals surface area contributed by atoms with Crippen LogP contribution in [0.2, 0.25) is 5.02 Å². The van der Waals surface area contributed by atoms with Gasteiger partial charge in [-0.3, -0.25) is 4.98 Å². The van der Waals surface area contributed by atoms with Crippen molar-refractivity contribution >= 4 is 34.7 Å². The molecule has 3 rings (SSSR count). The molecule has 1 aromatic carbocycles. The van der Waals surface area contributed by atoms with E-state index in [-0.39, 0.29) is 36.9 Å². The molecule has 3 N–H and O–H groups in total. The van der Waals surface area contributed by atoms with Crippen molar-refractivity contribution in [2.45, 2.75) is 19.3 Å². The average molecular weight is 487 g/mol. The zero-order valence-electron chi connectivity index (χ0n) is 16.4. The standard InChI is InChI=1S/C20H18ClF3N4O3S/c21-13-3-1-2-12(8-13)17-16(32-18(28-17)20(22,23)24)10-26-19(30)27-14-4-5-15(25-9-14)11-31-7-6-29/h1-5,8-9,29H,6-7,10-11H2,(H2,26,27,30). The predicted octanol–water partition coefficient (Wildman–Crippen LogP) is 4.71. The first kappa shape index (κ1) is 23.9. The second-order valence-electron chi connectivity index (χ2n) is 6.42. The molecule has 0 aliphatic rings. The number of hydrogen-bond donors (Lipinski definition) is 3. The molecule has 0 atom stereocenters. The number of rotatable bonds is 8. The largest absolute Gasteiger partial charge is 0.443 e. The van der Waals surface area contributed by atoms with Gasteiger partial charge in [-0.1, -0.05) is 23.7 Å². The van der Waals surface area contributed by atoms with E-state index >= 15 is 0 Å². The molecule has 0 bridgehead atoms. The van der Waals surface area contributed by atoms with Gasteiger partial charge in [-0.2, -0.15) is 13.2 Å². The van der Waals surface area contributed by atoms with Crippen LogP contribution in [0.3, 0.4) is 0 Å². The van der Waals surface area contributed by atoms with Crippen LogP contribution in [0.4, 0.5) is 23.7 Å². The first-order valence-electron chi connectivity index (χ1n) is 9.27. The van der Waals surface area contributed by atoms with Gasteiger partial charge in [0.05, 0.1) is 54.5 Å². The van der Waals surface area contributed by atoms with Crippen LogP contribution in [0.25, 0.3) is 11.3 Å². The fraction of sp³-hybridized carbons (Fsp3) is 0.250. The van der Waals surface area contributed by atoms with Crippen molar-refractivity contribution in [3.63, 3.8) is 0 Å². The Bertz CT molecular complexity index is 1060. The molecule has 32 heavy (non-hydrogen) atoms. The lowest BCUT2D eigenvalue weighted by Gasteiger charge is -2.08. The lowest BCUT2D eigenvalue weighted by Crippen LogP contribution is -2.28. The fourth-order valence-corrected chi connectivity index (χ4v) is 3.70. The maximum Gasteiger partial charge on any atom is 0.443 e. The molecule has 2 heterocycles. The third kappa shape index (κ3) is 6.63. The number of aliphatic hydroxyl groups excluding tert-OH is 1. The Morgan fingerprint density at radius 2 is 2.06 bits per heavy atom. The Labute approximate surface area is 190 Å². The van der Waals surface area contributed by atoms with Crippen LogP contribution in [-0.4, -0.2) is 34.3 Å². The van der Waals surface area contributed by atoms with Gasteiger partial charge in [-0.25, -0.2) is 9.78 Å². The summed E-state index contributed by atoms with van der Waals surface area (Å²) in [5.41, 5.74) is 1.53. The van der Waals surface area contributed by atoms with Gasteiger partial charge < -0.3 is 20.5 Å². The highest BCUT2D eigenvalue weighted by atomic mass is 35.5. The first-order valence-corrected chi connectivity index (χ1v) is 10.5. The molecule has 170 valence electrons. The number of carbonyl (C=O) groups excluding carboxylic acids is 1. The number of ether oxygens (including phenoxy) is 1. The summed E-state index contributed by atoms with van der Waals surface area (Å²) in [4.78, 5) is 20.3. The topological polar surface area (TPSA) is 96.4 Å². The van der Waals surface area contributed by atoms with Gasteiger partial charge in [0, 0.05) is 10.6 Å². The van der Waals surface area contributed by atoms with Gasteiger partial charge in [0.2, 0.25) is 0 Å². The van der Waals surface area contributed by atoms with Gasteiger partial charge >= 0.3 is 12.2 Å². The number of amides is 2. The summed E-state index contributed by atoms with van der Waals surface area (Å²) in [6.45, 7) is 0.145. The van der Waals surface area contributed by atoms with Gasteiger partial charge in [0.15, 0.2) is 5.01 Å². The van der Waals surface area contributed by atoms with Gasteiger partial charge in [-0.05, 0) is 24.3 Å². The van der Waals surface area contributed by atoms with Crippen molar-refractivity contribution in [1.29, 1.82) is 0 Å². The maximum atomic E-state index is 13.2. The fourth-order valence-electron chi connectivity index (χ4n) is 2.62. The first-order chi connectivity index (χ1) is 15.3. The lowest BCUT2D eigenvalue weighted by atomic mass is 10.1. The van der Waals surface area contributed by atoms with E-state index < -0.39 is 17.2 Å². The third-order valence-electron chi connectivity index (χ3n) is 4.02. The Hall–Kier alpha value is -2.73. The molecule has 0 spiro atoms. The number of anilines is 1. The van der Waals surface area contributed by atoms with E-state index in [1.54, 1.807) is 30.3 Å². The highest BCUT2D eigenvalue weighted by molar-refractivity contribution is 7.12. The molecule has 12 heteroatoms. The predicted molar refractivity (Wildman–Crippen MR) is 114 cm³/mol. The van der Waals surface area contributed by atoms with E-state index in [1.165, 1.54) is 12.3 Å². The second-order valence-corrected chi connectivity index (χ2v) is 7.94. The second kappa shape index (κ2) is 10.7. The number of alkyl halides is 3. The summed E-state index contributed by atoms with van der Waals surface area (Å²) in [5.74, 6) is 0. The number of hydrogen-bond acceptors (Lipinski definition) is 6. The quantitative estimate of drug-likeness (QED) is 0.401. The Kier molecular flexibility index (Phi) is 8.02. The summed E-state index contributed by atoms with van der Waals surface area (Å²) < 4.78 is 44.7. The van der Waals surface area contributed by atoms with E-state index in [2.05, 4.69) is 20.6 Å². The lowest BCUT2D eigenvalue weighted by molar-refractivity contribution is -0.137. The molecule has 0 saturated heterocycles. The summed E-state index contributed by atoms with van der Waals surface area (Å²) >= 11 is 6.42. The monoisotopic (exact) mass is 486 g/mol. The number of thiazole rings is 1. The minimum atomic E-state index is -4.60. The number of urea groups is 1. The van der Waals surface area contributed by atoms with Crippen molar-refractivity contribution in [2.24, 2.45) is 0 Å². The van der Waals surface area contributed by atoms with Crippen molar-refractivity contribution in [3.05, 3.63) is 63.2 Å². The van der Waals surface area contributed by atoms with Gasteiger partial charge in [0.1, 0.15) is 0 Å². The third-order valence-corrected chi connectivity index (χ3v) is 5.35. The number of pyridine rings is 1. The van der Waals surface area contributed by atoms with Gasteiger partial charge in [-0.15, -0.1) is 11.3 Å². The Balaban J connectivity index is 1.66. The summed E-state index contributed by atoms with van der Waals surface area (Å²) in [6, 6.07) is 8.96. The molecule has 0 fully saturated rings. The van der Waals surface area contributed by atoms with E-state index in [1.807, 2.05) is 0 Å². The van der Waals surface area contributed by atoms with Crippen LogP contribution < -0.4 is 10.6 Å². The molecule has 2 amide bonds. The van der Waals surface area contributed by atoms with Crippen LogP contribution in [0.5, 0.6) is 0 Å². The van der Waals surface area contributed by atoms with Crippen LogP contribution in [0.15, 0.2) is 42.6 Å². The molecule has 0 radical (unpaired) electrons. The van der Waals surface area contributed by atoms with Crippen LogP contribution >= 0.6 is 22.9 Å². The van der Waals surface area contributed by atoms with Crippen LogP contribution in [-0.2, 0) is 24.1 Å². The molecule has 3 aromatic rings. The maximum absolute atomic E-state index is 13.2. The molecule has 0 aliphatic heterocycles. The number of aromatic nitrogens is 2. The highest BCUT2D eigenvalue weighted by Crippen LogP contribution is 2.38. The van der Waals surface area contributed by atoms with Crippen molar-refractivity contribution < 1.29 is 27.8 Å². The normalized spacial score (nSPS) is 11.4. The molecular weight excluding hydrogens is 469 g/mol. The number of nitrogens with one attached hydrogen (secondary N) is 2. The van der Waals surface area contributed by atoms with Crippen LogP contribution in [0, 0.1) is 0 Å². The molecule has 7 nitrogen and oxygen atoms in total. The number of halogens is 4. The minimum Gasteiger partial charge on any atom is -0.394 e. The van der Waals surface area contributed by atoms with E-state index in [4.69, 9.17) is 21.4 Å². The smallest absolute Gasteiger partial charge is 0.394 e. The molecular formula is C20H18ClF3N4O3S. The van der Waals surface area contributed by atoms with Crippen molar-refractivity contribution in [3.8, 4) is 11.3 Å². The SMILES string of the molecule is O=C(NCc1sc(C(F)(F)F)nc1-c1cccc(Cl)c1)Nc1ccc(COCCO)nc1. The number of nitrogens with zero attached hydrogens (tertiary/aromatic N) is 2. The molecule has 0 saturated carbocycles. The van der Waals surface area contributed by atoms with E-state index in [9.17, 15) is 18.0 Å². The number of carbonyl (C=O) groups is 1. The Morgan fingerprint density at radius 1 is 1.25 bits per heavy atom. The van der Waals surface area contributed by atoms with E-state index in [0.29, 0.717) is 33.3 Å². The highest BCUT2D eigenvalue weighted by Gasteiger charge is 2.36. The summed E-state index contributed by atoms with van der Waals surface area (Å²) in [6.07, 6.45) is -3.18. The summed E-state index contributed by atoms with van der Waals surface area (Å²) in [5, 5.41) is 13.1. The van der Waals surface area contributed by atoms with Crippen LogP contribution in [0.1, 0.15) is 15.6 Å². The molecule has 0 aliphatic carbocycles. The number of benzene rings is 1. The minimum absolute atomic E-state index is 0.0942. The van der Waals surface area contributed by atoms with E-state index in [0.717, 1.165) is 0 Å². The van der Waals surface area contributed by atoms with Gasteiger partial charge in [0.25, 0.3) is 0 Å². The average Bonchev–Trinajstić information content (AvgIpc) is 3.19. The van der Waals surface area contributed by atoms with Crippen molar-refractivity contribution in [2.75, 3.05) is 18.5 Å².